The van der Waals surface area contributed by atoms with Crippen molar-refractivity contribution in [3.05, 3.63) is 154 Å². The average Bonchev–Trinajstić information content (AvgIpc) is 3.64. The number of rotatable bonds is 7. The highest BCUT2D eigenvalue weighted by Gasteiger charge is 2.43. The number of alkyl halides is 6. The van der Waals surface area contributed by atoms with E-state index in [9.17, 15) is 55.1 Å². The average molecular weight is 853 g/mol. The predicted molar refractivity (Wildman–Crippen MR) is 204 cm³/mol. The number of fused-ring (bicyclic) bond motifs is 2. The molecule has 0 unspecified atom stereocenters. The zero-order chi connectivity index (χ0) is 44.4. The van der Waals surface area contributed by atoms with E-state index >= 15 is 0 Å². The Kier molecular flexibility index (Phi) is 9.56. The van der Waals surface area contributed by atoms with Gasteiger partial charge in [0.05, 0.1) is 68.3 Å². The molecule has 0 saturated carbocycles. The standard InChI is InChI=1S/C42H22F6N6O8/c43-41(44,45)31-15-21(53-35(55)27-7-1-19(13-29(27)37(53)57)39(59)61-23-5-11-33(49)51-17-23)3-9-25(31)26-10-4-22(16-32(26)42(46,47)48)54-36(56)28-8-2-20(14-30(28)38(54)58)40(60)62-24-6-12-34(50)52-18-24/h1-18H,(H2,49,51)(H2,50,52). The largest absolute Gasteiger partial charge is 0.421 e. The maximum Gasteiger partial charge on any atom is 0.417 e. The van der Waals surface area contributed by atoms with Gasteiger partial charge >= 0.3 is 24.3 Å². The Labute approximate surface area is 342 Å². The van der Waals surface area contributed by atoms with Crippen LogP contribution in [0.3, 0.4) is 0 Å². The highest BCUT2D eigenvalue weighted by molar-refractivity contribution is 6.35. The first-order valence-electron chi connectivity index (χ1n) is 17.7. The molecule has 20 heteroatoms. The van der Waals surface area contributed by atoms with Gasteiger partial charge in [0.15, 0.2) is 0 Å². The highest BCUT2D eigenvalue weighted by Crippen LogP contribution is 2.46. The number of halogens is 6. The summed E-state index contributed by atoms with van der Waals surface area (Å²) in [4.78, 5) is 87.7. The Balaban J connectivity index is 1.10. The minimum atomic E-state index is -5.37. The third-order valence-electron chi connectivity index (χ3n) is 9.61. The molecule has 310 valence electrons. The highest BCUT2D eigenvalue weighted by atomic mass is 19.4. The van der Waals surface area contributed by atoms with E-state index in [4.69, 9.17) is 20.9 Å². The second-order valence-electron chi connectivity index (χ2n) is 13.5. The number of pyridine rings is 2. The van der Waals surface area contributed by atoms with Gasteiger partial charge in [-0.25, -0.2) is 29.4 Å². The van der Waals surface area contributed by atoms with Crippen LogP contribution in [0.1, 0.15) is 73.3 Å². The summed E-state index contributed by atoms with van der Waals surface area (Å²) in [6.07, 6.45) is -8.43. The van der Waals surface area contributed by atoms with Gasteiger partial charge in [0.25, 0.3) is 23.6 Å². The van der Waals surface area contributed by atoms with Crippen molar-refractivity contribution in [2.45, 2.75) is 12.4 Å². The number of esters is 2. The van der Waals surface area contributed by atoms with Gasteiger partial charge in [-0.05, 0) is 96.1 Å². The normalized spacial score (nSPS) is 13.6. The van der Waals surface area contributed by atoms with Crippen LogP contribution in [0.5, 0.6) is 11.5 Å². The van der Waals surface area contributed by atoms with Crippen LogP contribution in [0.4, 0.5) is 49.4 Å². The number of hydrogen-bond acceptors (Lipinski definition) is 12. The van der Waals surface area contributed by atoms with Crippen molar-refractivity contribution in [2.75, 3.05) is 21.3 Å². The van der Waals surface area contributed by atoms with Crippen LogP contribution in [-0.4, -0.2) is 45.5 Å². The van der Waals surface area contributed by atoms with Gasteiger partial charge in [-0.3, -0.25) is 19.2 Å². The molecule has 2 aliphatic heterocycles. The topological polar surface area (TPSA) is 205 Å². The fourth-order valence-corrected chi connectivity index (χ4v) is 6.72. The summed E-state index contributed by atoms with van der Waals surface area (Å²) in [6.45, 7) is 0. The van der Waals surface area contributed by atoms with Gasteiger partial charge in [0.2, 0.25) is 0 Å². The number of hydrogen-bond donors (Lipinski definition) is 2. The van der Waals surface area contributed by atoms with E-state index in [0.29, 0.717) is 34.1 Å². The number of nitrogens with two attached hydrogens (primary N) is 2. The Morgan fingerprint density at radius 1 is 0.468 bits per heavy atom. The molecule has 2 aliphatic rings. The molecule has 6 aromatic rings. The lowest BCUT2D eigenvalue weighted by Gasteiger charge is -2.22. The van der Waals surface area contributed by atoms with Crippen LogP contribution in [0.15, 0.2) is 109 Å². The van der Waals surface area contributed by atoms with E-state index in [1.165, 1.54) is 24.3 Å². The van der Waals surface area contributed by atoms with E-state index in [1.807, 2.05) is 0 Å². The number of carbonyl (C=O) groups is 6. The van der Waals surface area contributed by atoms with Crippen molar-refractivity contribution in [1.82, 2.24) is 9.97 Å². The molecule has 0 bridgehead atoms. The lowest BCUT2D eigenvalue weighted by molar-refractivity contribution is -0.139. The molecule has 0 atom stereocenters. The molecule has 0 fully saturated rings. The third-order valence-corrected chi connectivity index (χ3v) is 9.61. The van der Waals surface area contributed by atoms with Gasteiger partial charge in [0.1, 0.15) is 23.1 Å². The van der Waals surface area contributed by atoms with Crippen molar-refractivity contribution in [2.24, 2.45) is 0 Å². The van der Waals surface area contributed by atoms with Gasteiger partial charge < -0.3 is 20.9 Å². The molecule has 62 heavy (non-hydrogen) atoms. The molecule has 4 heterocycles. The van der Waals surface area contributed by atoms with Crippen LogP contribution < -0.4 is 30.7 Å². The minimum absolute atomic E-state index is 0.00966. The van der Waals surface area contributed by atoms with Gasteiger partial charge in [-0.15, -0.1) is 0 Å². The SMILES string of the molecule is Nc1ccc(OC(=O)c2ccc3c(c2)C(=O)N(c2ccc(-c4ccc(N5C(=O)c6ccc(C(=O)Oc7ccc(N)nc7)cc6C5=O)cc4C(F)(F)F)c(C(F)(F)F)c2)C3=O)cn1. The predicted octanol–water partition coefficient (Wildman–Crippen LogP) is 7.39. The first-order chi connectivity index (χ1) is 29.3. The Morgan fingerprint density at radius 2 is 0.823 bits per heavy atom. The number of benzene rings is 4. The molecule has 4 amide bonds. The number of amides is 4. The van der Waals surface area contributed by atoms with Crippen molar-refractivity contribution >= 4 is 58.6 Å². The molecule has 0 spiro atoms. The summed E-state index contributed by atoms with van der Waals surface area (Å²) in [5.74, 6) is -6.14. The second kappa shape index (κ2) is 14.7. The van der Waals surface area contributed by atoms with Crippen LogP contribution in [0, 0.1) is 0 Å². The summed E-state index contributed by atoms with van der Waals surface area (Å²) < 4.78 is 99.0. The summed E-state index contributed by atoms with van der Waals surface area (Å²) in [6, 6.07) is 15.4. The number of nitrogen functional groups attached to an aromatic ring is 2. The number of carbonyl (C=O) groups excluding carboxylic acids is 6. The lowest BCUT2D eigenvalue weighted by atomic mass is 9.93. The summed E-state index contributed by atoms with van der Waals surface area (Å²) in [5, 5.41) is 0. The van der Waals surface area contributed by atoms with Gasteiger partial charge in [-0.1, -0.05) is 12.1 Å². The summed E-state index contributed by atoms with van der Waals surface area (Å²) in [7, 11) is 0. The van der Waals surface area contributed by atoms with E-state index < -0.39 is 81.5 Å². The molecule has 0 saturated heterocycles. The summed E-state index contributed by atoms with van der Waals surface area (Å²) >= 11 is 0. The summed E-state index contributed by atoms with van der Waals surface area (Å²) in [5.41, 5.74) is 2.59. The van der Waals surface area contributed by atoms with Crippen molar-refractivity contribution < 1.29 is 64.6 Å². The maximum absolute atomic E-state index is 14.8. The van der Waals surface area contributed by atoms with E-state index in [-0.39, 0.29) is 56.5 Å². The molecule has 0 radical (unpaired) electrons. The monoisotopic (exact) mass is 852 g/mol. The molecular formula is C42H22F6N6O8. The van der Waals surface area contributed by atoms with E-state index in [0.717, 1.165) is 60.9 Å². The zero-order valence-corrected chi connectivity index (χ0v) is 30.9. The zero-order valence-electron chi connectivity index (χ0n) is 30.9. The van der Waals surface area contributed by atoms with Gasteiger partial charge in [0, 0.05) is 0 Å². The number of nitrogens with zero attached hydrogens (tertiary/aromatic N) is 4. The quantitative estimate of drug-likeness (QED) is 0.0917. The Bertz CT molecular complexity index is 2740. The second-order valence-corrected chi connectivity index (χ2v) is 13.5. The molecular weight excluding hydrogens is 830 g/mol. The molecule has 0 aliphatic carbocycles. The minimum Gasteiger partial charge on any atom is -0.421 e. The molecule has 2 aromatic heterocycles. The van der Waals surface area contributed by atoms with Crippen LogP contribution >= 0.6 is 0 Å². The van der Waals surface area contributed by atoms with Crippen molar-refractivity contribution in [3.8, 4) is 22.6 Å². The smallest absolute Gasteiger partial charge is 0.417 e. The third kappa shape index (κ3) is 7.18. The maximum atomic E-state index is 14.8. The lowest BCUT2D eigenvalue weighted by Crippen LogP contribution is -2.30. The number of ether oxygens (including phenoxy) is 2. The Hall–Kier alpha value is -8.42. The van der Waals surface area contributed by atoms with Crippen LogP contribution in [-0.2, 0) is 12.4 Å². The molecule has 4 aromatic carbocycles. The van der Waals surface area contributed by atoms with E-state index in [2.05, 4.69) is 9.97 Å². The van der Waals surface area contributed by atoms with E-state index in [1.54, 1.807) is 0 Å². The fraction of sp³-hybridized carbons (Fsp3) is 0.0476. The van der Waals surface area contributed by atoms with Gasteiger partial charge in [-0.2, -0.15) is 26.3 Å². The molecule has 8 rings (SSSR count). The van der Waals surface area contributed by atoms with Crippen LogP contribution in [0.2, 0.25) is 0 Å². The number of aromatic nitrogens is 2. The first kappa shape index (κ1) is 40.4. The number of anilines is 4. The Morgan fingerprint density at radius 3 is 1.16 bits per heavy atom. The molecule has 4 N–H and O–H groups in total. The first-order valence-corrected chi connectivity index (χ1v) is 17.7. The van der Waals surface area contributed by atoms with Crippen molar-refractivity contribution in [1.29, 1.82) is 0 Å². The number of imide groups is 2. The van der Waals surface area contributed by atoms with Crippen LogP contribution in [0.25, 0.3) is 11.1 Å². The molecule has 14 nitrogen and oxygen atoms in total. The van der Waals surface area contributed by atoms with Crippen molar-refractivity contribution in [3.63, 3.8) is 0 Å². The fourth-order valence-electron chi connectivity index (χ4n) is 6.72.